The van der Waals surface area contributed by atoms with E-state index in [0.29, 0.717) is 34.7 Å². The van der Waals surface area contributed by atoms with E-state index in [2.05, 4.69) is 25.4 Å². The minimum Gasteiger partial charge on any atom is -0.469 e. The van der Waals surface area contributed by atoms with Gasteiger partial charge in [0.2, 0.25) is 11.7 Å². The number of H-pyrrole nitrogens is 1. The number of fused-ring (bicyclic) bond motifs is 2. The number of ether oxygens (including phenoxy) is 1. The van der Waals surface area contributed by atoms with Crippen LogP contribution in [0.25, 0.3) is 34.1 Å². The van der Waals surface area contributed by atoms with Gasteiger partial charge in [-0.15, -0.1) is 0 Å². The van der Waals surface area contributed by atoms with E-state index < -0.39 is 16.9 Å². The molecule has 5 rings (SSSR count). The monoisotopic (exact) mass is 477 g/mol. The van der Waals surface area contributed by atoms with Gasteiger partial charge >= 0.3 is 5.97 Å². The molecular weight excluding hydrogens is 458 g/mol. The number of anilines is 1. The second-order valence-electron chi connectivity index (χ2n) is 8.01. The van der Waals surface area contributed by atoms with Crippen molar-refractivity contribution >= 4 is 34.3 Å². The largest absolute Gasteiger partial charge is 0.469 e. The van der Waals surface area contributed by atoms with Crippen molar-refractivity contribution < 1.29 is 23.8 Å². The van der Waals surface area contributed by atoms with Crippen LogP contribution in [0.3, 0.4) is 0 Å². The Morgan fingerprint density at radius 3 is 2.89 bits per heavy atom. The van der Waals surface area contributed by atoms with E-state index in [1.54, 1.807) is 25.2 Å². The summed E-state index contributed by atoms with van der Waals surface area (Å²) in [5, 5.41) is 18.1. The Morgan fingerprint density at radius 1 is 1.29 bits per heavy atom. The zero-order valence-corrected chi connectivity index (χ0v) is 18.6. The number of aromatic amines is 1. The molecule has 35 heavy (non-hydrogen) atoms. The van der Waals surface area contributed by atoms with Crippen molar-refractivity contribution in [2.45, 2.75) is 19.0 Å². The molecule has 178 valence electrons. The molecule has 0 radical (unpaired) electrons. The quantitative estimate of drug-likeness (QED) is 0.247. The zero-order chi connectivity index (χ0) is 24.7. The van der Waals surface area contributed by atoms with Gasteiger partial charge in [0.25, 0.3) is 11.6 Å². The molecule has 13 nitrogen and oxygen atoms in total. The number of hydrogen-bond donors (Lipinski definition) is 2. The normalized spacial score (nSPS) is 15.4. The first kappa shape index (κ1) is 22.0. The zero-order valence-electron chi connectivity index (χ0n) is 18.6. The first-order valence-corrected chi connectivity index (χ1v) is 10.5. The highest BCUT2D eigenvalue weighted by Gasteiger charge is 2.29. The van der Waals surface area contributed by atoms with Crippen LogP contribution in [-0.2, 0) is 20.9 Å². The summed E-state index contributed by atoms with van der Waals surface area (Å²) in [4.78, 5) is 48.2. The maximum atomic E-state index is 12.7. The number of hydrogen-bond acceptors (Lipinski definition) is 10. The van der Waals surface area contributed by atoms with Crippen molar-refractivity contribution in [3.8, 4) is 23.1 Å². The Kier molecular flexibility index (Phi) is 5.35. The average molecular weight is 477 g/mol. The van der Waals surface area contributed by atoms with E-state index in [-0.39, 0.29) is 29.7 Å². The number of non-ortho nitro benzene ring substituents is 1. The number of likely N-dealkylation sites (N-methyl/N-ethyl adjacent to an activating group) is 1. The van der Waals surface area contributed by atoms with E-state index in [1.165, 1.54) is 24.1 Å². The minimum atomic E-state index is -0.738. The number of rotatable bonds is 5. The molecule has 2 aromatic heterocycles. The predicted octanol–water partition coefficient (Wildman–Crippen LogP) is 2.50. The molecule has 2 aromatic carbocycles. The number of imidazole rings is 1. The SMILES string of the molecule is COC(=O)CC1Nc2ccc(-c3nc(-c4nc5ccc([N+](=O)[O-])cc5[nH]4)no3)cc2CN(C)C1=O. The predicted molar refractivity (Wildman–Crippen MR) is 122 cm³/mol. The Bertz CT molecular complexity index is 1480. The summed E-state index contributed by atoms with van der Waals surface area (Å²) in [5.41, 5.74) is 3.09. The summed E-state index contributed by atoms with van der Waals surface area (Å²) in [7, 11) is 2.94. The molecule has 1 unspecified atom stereocenters. The number of nitrogens with zero attached hydrogens (tertiary/aromatic N) is 5. The molecule has 2 N–H and O–H groups in total. The molecule has 0 aliphatic carbocycles. The van der Waals surface area contributed by atoms with E-state index in [1.807, 2.05) is 6.07 Å². The highest BCUT2D eigenvalue weighted by molar-refractivity contribution is 5.90. The van der Waals surface area contributed by atoms with Gasteiger partial charge in [-0.05, 0) is 29.8 Å². The number of aromatic nitrogens is 4. The van der Waals surface area contributed by atoms with Crippen molar-refractivity contribution in [1.82, 2.24) is 25.0 Å². The van der Waals surface area contributed by atoms with Crippen LogP contribution in [-0.4, -0.2) is 62.0 Å². The van der Waals surface area contributed by atoms with Gasteiger partial charge < -0.3 is 24.5 Å². The number of nitrogens with one attached hydrogen (secondary N) is 2. The number of methoxy groups -OCH3 is 1. The first-order chi connectivity index (χ1) is 16.8. The molecule has 1 aliphatic rings. The van der Waals surface area contributed by atoms with Crippen LogP contribution in [0.1, 0.15) is 12.0 Å². The molecular formula is C22H19N7O6. The van der Waals surface area contributed by atoms with E-state index >= 15 is 0 Å². The molecule has 1 aliphatic heterocycles. The standard InChI is InChI=1S/C22H19N7O6/c1-28-10-12-7-11(3-5-14(12)23-17(22(28)31)9-18(30)34-2)21-26-20(27-35-21)19-24-15-6-4-13(29(32)33)8-16(15)25-19/h3-8,17,23H,9-10H2,1-2H3,(H,24,25). The van der Waals surface area contributed by atoms with Crippen LogP contribution in [0.5, 0.6) is 0 Å². The third-order valence-corrected chi connectivity index (χ3v) is 5.68. The molecule has 13 heteroatoms. The number of nitro benzene ring substituents is 1. The Morgan fingerprint density at radius 2 is 2.11 bits per heavy atom. The van der Waals surface area contributed by atoms with Crippen LogP contribution in [0.15, 0.2) is 40.9 Å². The van der Waals surface area contributed by atoms with Crippen molar-refractivity contribution in [2.75, 3.05) is 19.5 Å². The lowest BCUT2D eigenvalue weighted by molar-refractivity contribution is -0.384. The lowest BCUT2D eigenvalue weighted by Crippen LogP contribution is -2.39. The van der Waals surface area contributed by atoms with Gasteiger partial charge in [0.15, 0.2) is 5.82 Å². The number of carbonyl (C=O) groups excluding carboxylic acids is 2. The Labute approximate surface area is 197 Å². The smallest absolute Gasteiger partial charge is 0.308 e. The molecule has 1 amide bonds. The van der Waals surface area contributed by atoms with Gasteiger partial charge in [0.05, 0.1) is 29.5 Å². The van der Waals surface area contributed by atoms with Gasteiger partial charge in [-0.3, -0.25) is 19.7 Å². The average Bonchev–Trinajstić information content (AvgIpc) is 3.48. The summed E-state index contributed by atoms with van der Waals surface area (Å²) in [6.45, 7) is 0.316. The third-order valence-electron chi connectivity index (χ3n) is 5.68. The van der Waals surface area contributed by atoms with E-state index in [4.69, 9.17) is 9.26 Å². The summed E-state index contributed by atoms with van der Waals surface area (Å²) in [5.74, 6) is 0.0279. The molecule has 4 aromatic rings. The topological polar surface area (TPSA) is 169 Å². The highest BCUT2D eigenvalue weighted by atomic mass is 16.6. The van der Waals surface area contributed by atoms with E-state index in [0.717, 1.165) is 5.56 Å². The van der Waals surface area contributed by atoms with Gasteiger partial charge in [0.1, 0.15) is 6.04 Å². The number of amides is 1. The lowest BCUT2D eigenvalue weighted by Gasteiger charge is -2.19. The Hall–Kier alpha value is -4.81. The molecule has 3 heterocycles. The maximum Gasteiger partial charge on any atom is 0.308 e. The molecule has 0 saturated carbocycles. The van der Waals surface area contributed by atoms with Crippen molar-refractivity contribution in [2.24, 2.45) is 0 Å². The second kappa shape index (κ2) is 8.52. The third kappa shape index (κ3) is 4.14. The summed E-state index contributed by atoms with van der Waals surface area (Å²) in [6, 6.07) is 8.93. The summed E-state index contributed by atoms with van der Waals surface area (Å²) >= 11 is 0. The van der Waals surface area contributed by atoms with Crippen molar-refractivity contribution in [1.29, 1.82) is 0 Å². The fourth-order valence-electron chi connectivity index (χ4n) is 3.89. The molecule has 1 atom stereocenters. The first-order valence-electron chi connectivity index (χ1n) is 10.5. The number of esters is 1. The molecule has 0 spiro atoms. The van der Waals surface area contributed by atoms with Crippen LogP contribution in [0, 0.1) is 10.1 Å². The summed E-state index contributed by atoms with van der Waals surface area (Å²) < 4.78 is 10.1. The number of benzene rings is 2. The highest BCUT2D eigenvalue weighted by Crippen LogP contribution is 2.30. The van der Waals surface area contributed by atoms with Gasteiger partial charge in [-0.25, -0.2) is 4.98 Å². The van der Waals surface area contributed by atoms with Gasteiger partial charge in [0, 0.05) is 37.0 Å². The Balaban J connectivity index is 1.43. The molecule has 0 bridgehead atoms. The van der Waals surface area contributed by atoms with Crippen LogP contribution in [0.4, 0.5) is 11.4 Å². The number of carbonyl (C=O) groups is 2. The van der Waals surface area contributed by atoms with Crippen molar-refractivity contribution in [3.63, 3.8) is 0 Å². The maximum absolute atomic E-state index is 12.7. The number of nitro groups is 1. The van der Waals surface area contributed by atoms with Crippen molar-refractivity contribution in [3.05, 3.63) is 52.1 Å². The second-order valence-corrected chi connectivity index (χ2v) is 8.01. The van der Waals surface area contributed by atoms with Gasteiger partial charge in [-0.1, -0.05) is 5.16 Å². The lowest BCUT2D eigenvalue weighted by atomic mass is 10.1. The summed E-state index contributed by atoms with van der Waals surface area (Å²) in [6.07, 6.45) is -0.0887. The molecule has 0 saturated heterocycles. The fourth-order valence-corrected chi connectivity index (χ4v) is 3.89. The minimum absolute atomic E-state index is 0.0580. The fraction of sp³-hybridized carbons (Fsp3) is 0.227. The van der Waals surface area contributed by atoms with Crippen LogP contribution < -0.4 is 5.32 Å². The van der Waals surface area contributed by atoms with Gasteiger partial charge in [-0.2, -0.15) is 4.98 Å². The van der Waals surface area contributed by atoms with E-state index in [9.17, 15) is 19.7 Å². The van der Waals surface area contributed by atoms with Crippen LogP contribution in [0.2, 0.25) is 0 Å². The van der Waals surface area contributed by atoms with Crippen LogP contribution >= 0.6 is 0 Å². The molecule has 0 fully saturated rings.